The maximum absolute atomic E-state index is 13.2. The molecule has 0 N–H and O–H groups in total. The van der Waals surface area contributed by atoms with E-state index in [2.05, 4.69) is 6.92 Å². The zero-order valence-electron chi connectivity index (χ0n) is 13.3. The van der Waals surface area contributed by atoms with Crippen LogP contribution >= 0.6 is 0 Å². The van der Waals surface area contributed by atoms with Gasteiger partial charge in [0.2, 0.25) is 5.91 Å². The van der Waals surface area contributed by atoms with Crippen LogP contribution in [0.4, 0.5) is 4.39 Å². The lowest BCUT2D eigenvalue weighted by Crippen LogP contribution is -2.30. The minimum Gasteiger partial charge on any atom is -0.312 e. The first kappa shape index (κ1) is 15.5. The number of rotatable bonds is 4. The summed E-state index contributed by atoms with van der Waals surface area (Å²) in [4.78, 5) is 14.6. The van der Waals surface area contributed by atoms with E-state index in [1.807, 2.05) is 35.2 Å². The Morgan fingerprint density at radius 2 is 1.83 bits per heavy atom. The van der Waals surface area contributed by atoms with Crippen LogP contribution in [0.1, 0.15) is 36.5 Å². The van der Waals surface area contributed by atoms with Gasteiger partial charge in [0.05, 0.1) is 12.1 Å². The van der Waals surface area contributed by atoms with E-state index in [0.717, 1.165) is 35.2 Å². The Morgan fingerprint density at radius 1 is 1.09 bits per heavy atom. The highest BCUT2D eigenvalue weighted by atomic mass is 19.1. The van der Waals surface area contributed by atoms with Crippen LogP contribution in [-0.4, -0.2) is 17.4 Å². The third kappa shape index (κ3) is 3.34. The second-order valence-electron chi connectivity index (χ2n) is 5.81. The average Bonchev–Trinajstić information content (AvgIpc) is 2.70. The Balaban J connectivity index is 2.09. The molecule has 0 unspecified atom stereocenters. The van der Waals surface area contributed by atoms with Crippen molar-refractivity contribution in [2.45, 2.75) is 26.2 Å². The van der Waals surface area contributed by atoms with E-state index in [1.165, 1.54) is 12.1 Å². The summed E-state index contributed by atoms with van der Waals surface area (Å²) in [6.45, 7) is 2.80. The zero-order chi connectivity index (χ0) is 16.2. The Morgan fingerprint density at radius 3 is 2.57 bits per heavy atom. The number of unbranched alkanes of at least 4 members (excludes halogenated alkanes) is 1. The molecule has 3 heteroatoms. The molecular weight excluding hydrogens is 289 g/mol. The van der Waals surface area contributed by atoms with Crippen LogP contribution in [0.5, 0.6) is 0 Å². The van der Waals surface area contributed by atoms with Crippen LogP contribution in [0.25, 0.3) is 11.8 Å². The first-order valence-electron chi connectivity index (χ1n) is 8.05. The van der Waals surface area contributed by atoms with Crippen molar-refractivity contribution < 1.29 is 9.18 Å². The van der Waals surface area contributed by atoms with Crippen molar-refractivity contribution in [1.82, 2.24) is 4.90 Å². The first-order valence-corrected chi connectivity index (χ1v) is 8.05. The summed E-state index contributed by atoms with van der Waals surface area (Å²) in [6.07, 6.45) is 4.41. The number of benzene rings is 2. The number of fused-ring (bicyclic) bond motifs is 1. The number of hydrogen-bond acceptors (Lipinski definition) is 1. The molecule has 1 aliphatic heterocycles. The van der Waals surface area contributed by atoms with E-state index in [-0.39, 0.29) is 11.7 Å². The van der Waals surface area contributed by atoms with Gasteiger partial charge < -0.3 is 4.90 Å². The monoisotopic (exact) mass is 309 g/mol. The molecule has 23 heavy (non-hydrogen) atoms. The Labute approximate surface area is 136 Å². The van der Waals surface area contributed by atoms with Crippen molar-refractivity contribution in [3.05, 3.63) is 71.0 Å². The average molecular weight is 309 g/mol. The molecule has 0 radical (unpaired) electrons. The van der Waals surface area contributed by atoms with Crippen molar-refractivity contribution in [3.63, 3.8) is 0 Å². The molecule has 1 aliphatic rings. The Hall–Kier alpha value is -2.42. The third-order valence-electron chi connectivity index (χ3n) is 4.16. The summed E-state index contributed by atoms with van der Waals surface area (Å²) >= 11 is 0. The largest absolute Gasteiger partial charge is 0.312 e. The third-order valence-corrected chi connectivity index (χ3v) is 4.16. The molecule has 0 aromatic heterocycles. The zero-order valence-corrected chi connectivity index (χ0v) is 13.3. The first-order chi connectivity index (χ1) is 11.2. The molecule has 118 valence electrons. The second kappa shape index (κ2) is 6.78. The lowest BCUT2D eigenvalue weighted by Gasteiger charge is -2.24. The standard InChI is InChI=1S/C20H20FNO/c1-2-3-12-22-19(15-8-10-18(21)11-9-15)13-16-6-4-5-7-17(16)14-20(22)23/h4-11,13H,2-3,12,14H2,1H3. The highest BCUT2D eigenvalue weighted by Gasteiger charge is 2.23. The van der Waals surface area contributed by atoms with Gasteiger partial charge in [0, 0.05) is 6.54 Å². The van der Waals surface area contributed by atoms with Crippen LogP contribution in [0.2, 0.25) is 0 Å². The summed E-state index contributed by atoms with van der Waals surface area (Å²) in [5, 5.41) is 0. The predicted molar refractivity (Wildman–Crippen MR) is 91.0 cm³/mol. The summed E-state index contributed by atoms with van der Waals surface area (Å²) in [6, 6.07) is 14.3. The molecule has 0 spiro atoms. The van der Waals surface area contributed by atoms with Gasteiger partial charge in [-0.2, -0.15) is 0 Å². The fourth-order valence-corrected chi connectivity index (χ4v) is 2.88. The molecule has 0 saturated heterocycles. The predicted octanol–water partition coefficient (Wildman–Crippen LogP) is 4.51. The molecule has 0 aliphatic carbocycles. The molecule has 0 bridgehead atoms. The highest BCUT2D eigenvalue weighted by Crippen LogP contribution is 2.29. The van der Waals surface area contributed by atoms with Crippen LogP contribution < -0.4 is 0 Å². The molecule has 1 heterocycles. The minimum atomic E-state index is -0.269. The molecule has 0 saturated carbocycles. The highest BCUT2D eigenvalue weighted by molar-refractivity contribution is 5.96. The number of amides is 1. The maximum atomic E-state index is 13.2. The number of halogens is 1. The fraction of sp³-hybridized carbons (Fsp3) is 0.250. The molecule has 2 aromatic rings. The van der Waals surface area contributed by atoms with Crippen LogP contribution in [-0.2, 0) is 11.2 Å². The van der Waals surface area contributed by atoms with Crippen molar-refractivity contribution in [3.8, 4) is 0 Å². The Kier molecular flexibility index (Phi) is 4.56. The molecule has 2 nitrogen and oxygen atoms in total. The number of carbonyl (C=O) groups excluding carboxylic acids is 1. The maximum Gasteiger partial charge on any atom is 0.231 e. The smallest absolute Gasteiger partial charge is 0.231 e. The van der Waals surface area contributed by atoms with Gasteiger partial charge in [-0.1, -0.05) is 37.6 Å². The molecule has 1 amide bonds. The molecule has 3 rings (SSSR count). The van der Waals surface area contributed by atoms with Gasteiger partial charge in [-0.15, -0.1) is 0 Å². The topological polar surface area (TPSA) is 20.3 Å². The molecule has 0 atom stereocenters. The van der Waals surface area contributed by atoms with Gasteiger partial charge in [-0.3, -0.25) is 4.79 Å². The van der Waals surface area contributed by atoms with E-state index in [4.69, 9.17) is 0 Å². The van der Waals surface area contributed by atoms with E-state index in [0.29, 0.717) is 13.0 Å². The second-order valence-corrected chi connectivity index (χ2v) is 5.81. The Bertz CT molecular complexity index is 734. The van der Waals surface area contributed by atoms with Crippen LogP contribution in [0, 0.1) is 5.82 Å². The quantitative estimate of drug-likeness (QED) is 0.814. The lowest BCUT2D eigenvalue weighted by atomic mass is 10.0. The number of carbonyl (C=O) groups is 1. The van der Waals surface area contributed by atoms with E-state index >= 15 is 0 Å². The molecule has 2 aromatic carbocycles. The van der Waals surface area contributed by atoms with Crippen LogP contribution in [0.15, 0.2) is 48.5 Å². The van der Waals surface area contributed by atoms with Gasteiger partial charge in [0.1, 0.15) is 5.82 Å². The number of nitrogens with zero attached hydrogens (tertiary/aromatic N) is 1. The minimum absolute atomic E-state index is 0.0963. The summed E-state index contributed by atoms with van der Waals surface area (Å²) in [7, 11) is 0. The summed E-state index contributed by atoms with van der Waals surface area (Å²) in [5.74, 6) is -0.172. The molecule has 0 fully saturated rings. The van der Waals surface area contributed by atoms with Gasteiger partial charge in [-0.25, -0.2) is 4.39 Å². The van der Waals surface area contributed by atoms with Crippen molar-refractivity contribution in [2.75, 3.05) is 6.54 Å². The van der Waals surface area contributed by atoms with Crippen LogP contribution in [0.3, 0.4) is 0 Å². The van der Waals surface area contributed by atoms with E-state index in [9.17, 15) is 9.18 Å². The van der Waals surface area contributed by atoms with E-state index < -0.39 is 0 Å². The number of hydrogen-bond donors (Lipinski definition) is 0. The molecular formula is C20H20FNO. The lowest BCUT2D eigenvalue weighted by molar-refractivity contribution is -0.127. The van der Waals surface area contributed by atoms with Crippen molar-refractivity contribution in [2.24, 2.45) is 0 Å². The van der Waals surface area contributed by atoms with Gasteiger partial charge in [0.25, 0.3) is 0 Å². The van der Waals surface area contributed by atoms with Gasteiger partial charge in [0.15, 0.2) is 0 Å². The summed E-state index contributed by atoms with van der Waals surface area (Å²) < 4.78 is 13.2. The summed E-state index contributed by atoms with van der Waals surface area (Å²) in [5.41, 5.74) is 3.82. The van der Waals surface area contributed by atoms with Crippen molar-refractivity contribution >= 4 is 17.7 Å². The normalized spacial score (nSPS) is 14.3. The van der Waals surface area contributed by atoms with Gasteiger partial charge >= 0.3 is 0 Å². The van der Waals surface area contributed by atoms with E-state index in [1.54, 1.807) is 12.1 Å². The fourth-order valence-electron chi connectivity index (χ4n) is 2.88. The SMILES string of the molecule is CCCCN1C(=O)Cc2ccccc2C=C1c1ccc(F)cc1. The van der Waals surface area contributed by atoms with Crippen molar-refractivity contribution in [1.29, 1.82) is 0 Å². The van der Waals surface area contributed by atoms with Gasteiger partial charge in [-0.05, 0) is 53.5 Å².